The van der Waals surface area contributed by atoms with E-state index in [4.69, 9.17) is 4.74 Å². The summed E-state index contributed by atoms with van der Waals surface area (Å²) in [6, 6.07) is 12.7. The number of carbonyl (C=O) groups is 1. The first kappa shape index (κ1) is 18.1. The Hall–Kier alpha value is -2.67. The van der Waals surface area contributed by atoms with Crippen molar-refractivity contribution in [2.75, 3.05) is 0 Å². The van der Waals surface area contributed by atoms with Gasteiger partial charge in [-0.05, 0) is 57.2 Å². The number of para-hydroxylation sites is 1. The lowest BCUT2D eigenvalue weighted by Gasteiger charge is -2.21. The number of hydrogen-bond acceptors (Lipinski definition) is 4. The lowest BCUT2D eigenvalue weighted by molar-refractivity contribution is 0.0530. The number of ether oxygens (including phenoxy) is 1. The molecule has 1 heterocycles. The van der Waals surface area contributed by atoms with Crippen LogP contribution >= 0.6 is 0 Å². The maximum absolute atomic E-state index is 13.2. The van der Waals surface area contributed by atoms with Gasteiger partial charge in [0.05, 0.1) is 10.4 Å². The zero-order chi connectivity index (χ0) is 19.1. The van der Waals surface area contributed by atoms with Crippen LogP contribution in [0.3, 0.4) is 0 Å². The highest BCUT2D eigenvalue weighted by Crippen LogP contribution is 2.29. The molecule has 1 aromatic heterocycles. The lowest BCUT2D eigenvalue weighted by Crippen LogP contribution is -2.28. The lowest BCUT2D eigenvalue weighted by atomic mass is 10.2. The molecule has 0 saturated heterocycles. The molecule has 136 valence electrons. The minimum absolute atomic E-state index is 0.105. The minimum atomic E-state index is -4.05. The van der Waals surface area contributed by atoms with Crippen molar-refractivity contribution in [3.05, 3.63) is 60.4 Å². The van der Waals surface area contributed by atoms with Crippen LogP contribution in [-0.2, 0) is 14.6 Å². The highest BCUT2D eigenvalue weighted by Gasteiger charge is 2.29. The van der Waals surface area contributed by atoms with Gasteiger partial charge in [0.2, 0.25) is 9.84 Å². The molecule has 0 atom stereocenters. The summed E-state index contributed by atoms with van der Waals surface area (Å²) < 4.78 is 45.7. The van der Waals surface area contributed by atoms with Crippen molar-refractivity contribution < 1.29 is 22.3 Å². The fraction of sp³-hybridized carbons (Fsp3) is 0.211. The molecule has 2 aromatic carbocycles. The van der Waals surface area contributed by atoms with Crippen molar-refractivity contribution in [3.63, 3.8) is 0 Å². The molecule has 0 aliphatic carbocycles. The Morgan fingerprint density at radius 2 is 1.65 bits per heavy atom. The molecule has 26 heavy (non-hydrogen) atoms. The number of nitrogens with zero attached hydrogens (tertiary/aromatic N) is 1. The predicted octanol–water partition coefficient (Wildman–Crippen LogP) is 4.40. The fourth-order valence-electron chi connectivity index (χ4n) is 2.56. The smallest absolute Gasteiger partial charge is 0.420 e. The summed E-state index contributed by atoms with van der Waals surface area (Å²) >= 11 is 0. The molecule has 7 heteroatoms. The van der Waals surface area contributed by atoms with Gasteiger partial charge in [-0.25, -0.2) is 22.2 Å². The van der Waals surface area contributed by atoms with Crippen LogP contribution in [0.1, 0.15) is 20.8 Å². The van der Waals surface area contributed by atoms with E-state index in [9.17, 15) is 17.6 Å². The quantitative estimate of drug-likeness (QED) is 0.623. The molecule has 0 amide bonds. The van der Waals surface area contributed by atoms with Crippen molar-refractivity contribution in [2.24, 2.45) is 0 Å². The summed E-state index contributed by atoms with van der Waals surface area (Å²) in [7, 11) is -4.05. The van der Waals surface area contributed by atoms with Crippen LogP contribution in [0.15, 0.2) is 64.5 Å². The Bertz CT molecular complexity index is 1080. The molecule has 3 aromatic rings. The van der Waals surface area contributed by atoms with Gasteiger partial charge in [-0.15, -0.1) is 0 Å². The average Bonchev–Trinajstić information content (AvgIpc) is 2.94. The Kier molecular flexibility index (Phi) is 4.36. The van der Waals surface area contributed by atoms with Crippen LogP contribution in [0.5, 0.6) is 0 Å². The molecule has 5 nitrogen and oxygen atoms in total. The number of halogens is 1. The first-order valence-electron chi connectivity index (χ1n) is 7.94. The zero-order valence-electron chi connectivity index (χ0n) is 14.6. The molecule has 0 N–H and O–H groups in total. The van der Waals surface area contributed by atoms with Gasteiger partial charge in [0.25, 0.3) is 0 Å². The maximum atomic E-state index is 13.2. The Balaban J connectivity index is 2.24. The van der Waals surface area contributed by atoms with Gasteiger partial charge in [-0.1, -0.05) is 18.2 Å². The van der Waals surface area contributed by atoms with E-state index in [1.54, 1.807) is 45.0 Å². The molecule has 0 aliphatic rings. The second kappa shape index (κ2) is 6.25. The standard InChI is InChI=1S/C19H18FNO4S/c1-19(2,3)25-18(22)21-16-7-5-4-6-13(16)12-17(21)26(23,24)15-10-8-14(20)9-11-15/h4-12H,1-3H3. The van der Waals surface area contributed by atoms with E-state index in [2.05, 4.69) is 0 Å². The van der Waals surface area contributed by atoms with E-state index in [1.807, 2.05) is 0 Å². The zero-order valence-corrected chi connectivity index (χ0v) is 15.4. The van der Waals surface area contributed by atoms with Crippen LogP contribution in [0, 0.1) is 5.82 Å². The number of carbonyl (C=O) groups excluding carboxylic acids is 1. The van der Waals surface area contributed by atoms with Crippen molar-refractivity contribution in [3.8, 4) is 0 Å². The van der Waals surface area contributed by atoms with Gasteiger partial charge in [-0.2, -0.15) is 0 Å². The van der Waals surface area contributed by atoms with Crippen LogP contribution in [-0.4, -0.2) is 24.7 Å². The molecule has 0 bridgehead atoms. The number of sulfone groups is 1. The monoisotopic (exact) mass is 375 g/mol. The van der Waals surface area contributed by atoms with E-state index in [-0.39, 0.29) is 9.92 Å². The van der Waals surface area contributed by atoms with Crippen LogP contribution in [0.2, 0.25) is 0 Å². The van der Waals surface area contributed by atoms with Gasteiger partial charge < -0.3 is 4.74 Å². The van der Waals surface area contributed by atoms with Gasteiger partial charge >= 0.3 is 6.09 Å². The van der Waals surface area contributed by atoms with Gasteiger partial charge in [0.1, 0.15) is 11.4 Å². The predicted molar refractivity (Wildman–Crippen MR) is 95.4 cm³/mol. The molecule has 3 rings (SSSR count). The van der Waals surface area contributed by atoms with E-state index in [0.29, 0.717) is 10.9 Å². The second-order valence-corrected chi connectivity index (χ2v) is 8.71. The van der Waals surface area contributed by atoms with Gasteiger partial charge in [0, 0.05) is 5.39 Å². The van der Waals surface area contributed by atoms with E-state index in [0.717, 1.165) is 16.7 Å². The largest absolute Gasteiger partial charge is 0.443 e. The highest BCUT2D eigenvalue weighted by atomic mass is 32.2. The number of benzene rings is 2. The topological polar surface area (TPSA) is 65.4 Å². The summed E-state index contributed by atoms with van der Waals surface area (Å²) in [5.74, 6) is -0.545. The third-order valence-corrected chi connectivity index (χ3v) is 5.40. The number of aromatic nitrogens is 1. The Labute approximate surface area is 150 Å². The summed E-state index contributed by atoms with van der Waals surface area (Å²) in [4.78, 5) is 12.6. The molecular weight excluding hydrogens is 357 g/mol. The molecular formula is C19H18FNO4S. The Morgan fingerprint density at radius 1 is 1.04 bits per heavy atom. The SMILES string of the molecule is CC(C)(C)OC(=O)n1c(S(=O)(=O)c2ccc(F)cc2)cc2ccccc21. The van der Waals surface area contributed by atoms with Crippen LogP contribution in [0.4, 0.5) is 9.18 Å². The number of hydrogen-bond donors (Lipinski definition) is 0. The number of rotatable bonds is 2. The average molecular weight is 375 g/mol. The molecule has 0 unspecified atom stereocenters. The molecule has 0 saturated carbocycles. The van der Waals surface area contributed by atoms with Gasteiger partial charge in [-0.3, -0.25) is 0 Å². The molecule has 0 aliphatic heterocycles. The second-order valence-electron chi connectivity index (χ2n) is 6.81. The number of fused-ring (bicyclic) bond motifs is 1. The first-order valence-corrected chi connectivity index (χ1v) is 9.42. The molecule has 0 spiro atoms. The maximum Gasteiger partial charge on any atom is 0.420 e. The summed E-state index contributed by atoms with van der Waals surface area (Å²) in [6.07, 6.45) is -0.792. The first-order chi connectivity index (χ1) is 12.1. The third-order valence-electron chi connectivity index (χ3n) is 3.65. The summed E-state index contributed by atoms with van der Waals surface area (Å²) in [6.45, 7) is 5.10. The van der Waals surface area contributed by atoms with Crippen molar-refractivity contribution in [1.82, 2.24) is 4.57 Å². The van der Waals surface area contributed by atoms with Crippen molar-refractivity contribution >= 4 is 26.8 Å². The van der Waals surface area contributed by atoms with Crippen molar-refractivity contribution in [1.29, 1.82) is 0 Å². The van der Waals surface area contributed by atoms with Crippen molar-refractivity contribution in [2.45, 2.75) is 36.3 Å². The Morgan fingerprint density at radius 3 is 2.27 bits per heavy atom. The molecule has 0 fully saturated rings. The highest BCUT2D eigenvalue weighted by molar-refractivity contribution is 7.91. The van der Waals surface area contributed by atoms with Crippen LogP contribution < -0.4 is 0 Å². The minimum Gasteiger partial charge on any atom is -0.443 e. The van der Waals surface area contributed by atoms with Gasteiger partial charge in [0.15, 0.2) is 5.03 Å². The fourth-order valence-corrected chi connectivity index (χ4v) is 3.99. The van der Waals surface area contributed by atoms with E-state index >= 15 is 0 Å². The van der Waals surface area contributed by atoms with E-state index in [1.165, 1.54) is 18.2 Å². The third kappa shape index (κ3) is 3.35. The normalized spacial score (nSPS) is 12.3. The van der Waals surface area contributed by atoms with E-state index < -0.39 is 27.3 Å². The summed E-state index contributed by atoms with van der Waals surface area (Å²) in [5, 5.41) is 0.360. The summed E-state index contributed by atoms with van der Waals surface area (Å²) in [5.41, 5.74) is -0.373. The van der Waals surface area contributed by atoms with Crippen LogP contribution in [0.25, 0.3) is 10.9 Å². The molecule has 0 radical (unpaired) electrons.